The van der Waals surface area contributed by atoms with E-state index in [0.29, 0.717) is 25.4 Å². The number of carbonyl (C=O) groups is 1. The second-order valence-electron chi connectivity index (χ2n) is 7.43. The normalized spacial score (nSPS) is 18.3. The van der Waals surface area contributed by atoms with Crippen LogP contribution in [0.15, 0.2) is 29.1 Å². The molecule has 0 spiro atoms. The molecule has 2 unspecified atom stereocenters. The van der Waals surface area contributed by atoms with E-state index in [1.54, 1.807) is 4.57 Å². The Kier molecular flexibility index (Phi) is 7.50. The number of aryl methyl sites for hydroxylation is 2. The molecule has 1 aromatic carbocycles. The molecule has 2 aromatic rings. The van der Waals surface area contributed by atoms with Crippen LogP contribution in [0.3, 0.4) is 0 Å². The van der Waals surface area contributed by atoms with Crippen molar-refractivity contribution in [3.05, 3.63) is 34.7 Å². The van der Waals surface area contributed by atoms with E-state index in [2.05, 4.69) is 6.92 Å². The predicted octanol–water partition coefficient (Wildman–Crippen LogP) is 2.61. The summed E-state index contributed by atoms with van der Waals surface area (Å²) in [5.74, 6) is 0.497. The summed E-state index contributed by atoms with van der Waals surface area (Å²) in [7, 11) is 0. The van der Waals surface area contributed by atoms with Crippen LogP contribution in [-0.2, 0) is 17.9 Å². The Morgan fingerprint density at radius 3 is 2.44 bits per heavy atom. The number of imidazole rings is 1. The third-order valence-corrected chi connectivity index (χ3v) is 5.48. The molecule has 7 heteroatoms. The van der Waals surface area contributed by atoms with E-state index in [9.17, 15) is 9.59 Å². The fourth-order valence-corrected chi connectivity index (χ4v) is 3.96. The van der Waals surface area contributed by atoms with Gasteiger partial charge in [0.1, 0.15) is 0 Å². The molecule has 1 aliphatic heterocycles. The molecular formula is C20H31ClN4O2. The molecule has 1 saturated heterocycles. The van der Waals surface area contributed by atoms with Crippen molar-refractivity contribution in [3.8, 4) is 0 Å². The smallest absolute Gasteiger partial charge is 0.329 e. The molecule has 1 aromatic heterocycles. The van der Waals surface area contributed by atoms with E-state index in [4.69, 9.17) is 5.73 Å². The minimum absolute atomic E-state index is 0. The number of hydrogen-bond donors (Lipinski definition) is 1. The van der Waals surface area contributed by atoms with Crippen LogP contribution in [0.2, 0.25) is 0 Å². The Balaban J connectivity index is 0.00000261. The Morgan fingerprint density at radius 1 is 1.22 bits per heavy atom. The molecule has 1 amide bonds. The molecule has 0 saturated carbocycles. The lowest BCUT2D eigenvalue weighted by Crippen LogP contribution is -2.45. The lowest BCUT2D eigenvalue weighted by molar-refractivity contribution is -0.133. The summed E-state index contributed by atoms with van der Waals surface area (Å²) in [6.07, 6.45) is 3.35. The van der Waals surface area contributed by atoms with Gasteiger partial charge in [0.05, 0.1) is 11.0 Å². The summed E-state index contributed by atoms with van der Waals surface area (Å²) in [6, 6.07) is 7.93. The summed E-state index contributed by atoms with van der Waals surface area (Å²) in [4.78, 5) is 27.4. The number of halogens is 1. The van der Waals surface area contributed by atoms with Crippen LogP contribution < -0.4 is 11.4 Å². The number of aromatic nitrogens is 2. The number of hydrogen-bond acceptors (Lipinski definition) is 3. The molecular weight excluding hydrogens is 364 g/mol. The van der Waals surface area contributed by atoms with Gasteiger partial charge in [-0.15, -0.1) is 12.4 Å². The number of para-hydroxylation sites is 2. The molecule has 150 valence electrons. The summed E-state index contributed by atoms with van der Waals surface area (Å²) < 4.78 is 3.56. The van der Waals surface area contributed by atoms with Crippen molar-refractivity contribution in [1.29, 1.82) is 0 Å². The average Bonchev–Trinajstić information content (AvgIpc) is 2.92. The van der Waals surface area contributed by atoms with E-state index in [-0.39, 0.29) is 30.0 Å². The summed E-state index contributed by atoms with van der Waals surface area (Å²) in [5.41, 5.74) is 7.86. The lowest BCUT2D eigenvalue weighted by atomic mass is 9.92. The van der Waals surface area contributed by atoms with Gasteiger partial charge in [-0.25, -0.2) is 4.79 Å². The first kappa shape index (κ1) is 21.5. The van der Waals surface area contributed by atoms with Crippen LogP contribution in [-0.4, -0.2) is 39.1 Å². The highest BCUT2D eigenvalue weighted by atomic mass is 35.5. The highest BCUT2D eigenvalue weighted by Gasteiger charge is 2.25. The Hall–Kier alpha value is -1.79. The van der Waals surface area contributed by atoms with Gasteiger partial charge in [0, 0.05) is 38.6 Å². The van der Waals surface area contributed by atoms with Gasteiger partial charge in [0.2, 0.25) is 5.91 Å². The minimum Gasteiger partial charge on any atom is -0.342 e. The number of amides is 1. The van der Waals surface area contributed by atoms with Gasteiger partial charge in [-0.3, -0.25) is 13.9 Å². The van der Waals surface area contributed by atoms with Crippen LogP contribution in [0.25, 0.3) is 11.0 Å². The number of fused-ring (bicyclic) bond motifs is 1. The van der Waals surface area contributed by atoms with E-state index >= 15 is 0 Å². The molecule has 1 fully saturated rings. The molecule has 6 nitrogen and oxygen atoms in total. The Morgan fingerprint density at radius 2 is 1.85 bits per heavy atom. The van der Waals surface area contributed by atoms with Gasteiger partial charge in [-0.05, 0) is 44.2 Å². The number of benzene rings is 1. The molecule has 2 N–H and O–H groups in total. The van der Waals surface area contributed by atoms with Crippen molar-refractivity contribution in [2.75, 3.05) is 13.1 Å². The minimum atomic E-state index is -0.0204. The fraction of sp³-hybridized carbons (Fsp3) is 0.600. The van der Waals surface area contributed by atoms with Gasteiger partial charge in [0.25, 0.3) is 0 Å². The molecule has 1 aliphatic rings. The topological polar surface area (TPSA) is 73.3 Å². The molecule has 3 rings (SSSR count). The van der Waals surface area contributed by atoms with Crippen molar-refractivity contribution in [2.45, 2.75) is 58.7 Å². The number of rotatable bonds is 6. The van der Waals surface area contributed by atoms with Crippen molar-refractivity contribution >= 4 is 29.3 Å². The van der Waals surface area contributed by atoms with E-state index in [1.165, 1.54) is 0 Å². The molecule has 27 heavy (non-hydrogen) atoms. The van der Waals surface area contributed by atoms with Crippen LogP contribution in [0.5, 0.6) is 0 Å². The number of likely N-dealkylation sites (tertiary alicyclic amines) is 1. The highest BCUT2D eigenvalue weighted by Crippen LogP contribution is 2.20. The standard InChI is InChI=1S/C20H30N4O2.ClH/c1-3-11-23-17-8-4-5-9-18(17)24(20(23)26)13-10-19(25)22-12-6-7-16(14-22)15(2)21;/h4-5,8-9,15-16H,3,6-7,10-14,21H2,1-2H3;1H. The van der Waals surface area contributed by atoms with Crippen molar-refractivity contribution < 1.29 is 4.79 Å². The maximum absolute atomic E-state index is 12.8. The first-order chi connectivity index (χ1) is 12.5. The number of piperidine rings is 1. The first-order valence-corrected chi connectivity index (χ1v) is 9.74. The lowest BCUT2D eigenvalue weighted by Gasteiger charge is -2.34. The van der Waals surface area contributed by atoms with Crippen molar-refractivity contribution in [2.24, 2.45) is 11.7 Å². The third-order valence-electron chi connectivity index (χ3n) is 5.48. The largest absolute Gasteiger partial charge is 0.342 e. The zero-order valence-electron chi connectivity index (χ0n) is 16.3. The Bertz CT molecular complexity index is 827. The molecule has 0 aliphatic carbocycles. The zero-order chi connectivity index (χ0) is 18.7. The van der Waals surface area contributed by atoms with Gasteiger partial charge in [-0.2, -0.15) is 0 Å². The van der Waals surface area contributed by atoms with E-state index in [0.717, 1.165) is 43.4 Å². The Labute approximate surface area is 166 Å². The summed E-state index contributed by atoms with van der Waals surface area (Å²) in [6.45, 7) is 6.74. The van der Waals surface area contributed by atoms with Gasteiger partial charge in [0.15, 0.2) is 0 Å². The molecule has 2 atom stereocenters. The van der Waals surface area contributed by atoms with Crippen LogP contribution in [0.4, 0.5) is 0 Å². The third kappa shape index (κ3) is 4.55. The molecule has 2 heterocycles. The van der Waals surface area contributed by atoms with Crippen LogP contribution >= 0.6 is 12.4 Å². The first-order valence-electron chi connectivity index (χ1n) is 9.74. The van der Waals surface area contributed by atoms with Crippen LogP contribution in [0.1, 0.15) is 39.5 Å². The van der Waals surface area contributed by atoms with Gasteiger partial charge >= 0.3 is 5.69 Å². The van der Waals surface area contributed by atoms with Crippen LogP contribution in [0, 0.1) is 5.92 Å². The fourth-order valence-electron chi connectivity index (χ4n) is 3.96. The number of carbonyl (C=O) groups excluding carboxylic acids is 1. The quantitative estimate of drug-likeness (QED) is 0.818. The second kappa shape index (κ2) is 9.42. The van der Waals surface area contributed by atoms with Crippen molar-refractivity contribution in [3.63, 3.8) is 0 Å². The molecule has 0 radical (unpaired) electrons. The monoisotopic (exact) mass is 394 g/mol. The predicted molar refractivity (Wildman–Crippen MR) is 111 cm³/mol. The molecule has 0 bridgehead atoms. The van der Waals surface area contributed by atoms with Gasteiger partial charge in [-0.1, -0.05) is 19.1 Å². The zero-order valence-corrected chi connectivity index (χ0v) is 17.1. The SMILES string of the molecule is CCCn1c(=O)n(CCC(=O)N2CCCC(C(C)N)C2)c2ccccc21.Cl. The van der Waals surface area contributed by atoms with Crippen molar-refractivity contribution in [1.82, 2.24) is 14.0 Å². The number of nitrogens with two attached hydrogens (primary N) is 1. The maximum Gasteiger partial charge on any atom is 0.329 e. The highest BCUT2D eigenvalue weighted by molar-refractivity contribution is 5.85. The van der Waals surface area contributed by atoms with E-state index in [1.807, 2.05) is 40.7 Å². The maximum atomic E-state index is 12.8. The summed E-state index contributed by atoms with van der Waals surface area (Å²) >= 11 is 0. The summed E-state index contributed by atoms with van der Waals surface area (Å²) in [5, 5.41) is 0. The van der Waals surface area contributed by atoms with Gasteiger partial charge < -0.3 is 10.6 Å². The second-order valence-corrected chi connectivity index (χ2v) is 7.43. The average molecular weight is 395 g/mol. The number of nitrogens with zero attached hydrogens (tertiary/aromatic N) is 3. The van der Waals surface area contributed by atoms with E-state index < -0.39 is 0 Å².